The molecule has 0 fully saturated rings. The summed E-state index contributed by atoms with van der Waals surface area (Å²) in [5.41, 5.74) is 0. The molecule has 2 N–H and O–H groups in total. The van der Waals surface area contributed by atoms with Gasteiger partial charge in [-0.05, 0) is 12.8 Å². The van der Waals surface area contributed by atoms with E-state index in [4.69, 9.17) is 10.2 Å². The van der Waals surface area contributed by atoms with Crippen molar-refractivity contribution in [3.63, 3.8) is 0 Å². The normalized spacial score (nSPS) is 8.36. The fraction of sp³-hybridized carbons (Fsp3) is 0.667. The molecular weight excluding hydrogens is 191 g/mol. The predicted molar refractivity (Wildman–Crippen MR) is 33.7 cm³/mol. The predicted octanol–water partition coefficient (Wildman–Crippen LogP) is 0.714. The number of carboxylic acids is 2. The summed E-state index contributed by atoms with van der Waals surface area (Å²) in [6.07, 6.45) is 1.02. The molecule has 0 rings (SSSR count). The Balaban J connectivity index is 0. The fourth-order valence-electron chi connectivity index (χ4n) is 0.552. The first-order valence-corrected chi connectivity index (χ1v) is 3.06. The van der Waals surface area contributed by atoms with Gasteiger partial charge >= 0.3 is 11.9 Å². The van der Waals surface area contributed by atoms with E-state index in [2.05, 4.69) is 0 Å². The van der Waals surface area contributed by atoms with Crippen LogP contribution in [0.2, 0.25) is 0 Å². The van der Waals surface area contributed by atoms with Crippen molar-refractivity contribution in [3.05, 3.63) is 0 Å². The van der Waals surface area contributed by atoms with E-state index in [1.165, 1.54) is 0 Å². The molecule has 4 nitrogen and oxygen atoms in total. The third kappa shape index (κ3) is 12.6. The molecular formula is C6H10MnO4. The van der Waals surface area contributed by atoms with E-state index in [0.29, 0.717) is 12.8 Å². The second-order valence-electron chi connectivity index (χ2n) is 1.99. The molecule has 0 unspecified atom stereocenters. The summed E-state index contributed by atoms with van der Waals surface area (Å²) >= 11 is 0. The number of carbonyl (C=O) groups is 2. The molecule has 0 aromatic heterocycles. The zero-order valence-corrected chi connectivity index (χ0v) is 7.10. The number of hydrogen-bond acceptors (Lipinski definition) is 2. The molecule has 0 amide bonds. The molecule has 65 valence electrons. The van der Waals surface area contributed by atoms with Crippen LogP contribution in [-0.2, 0) is 26.7 Å². The van der Waals surface area contributed by atoms with E-state index in [0.717, 1.165) is 0 Å². The van der Waals surface area contributed by atoms with Crippen molar-refractivity contribution in [2.75, 3.05) is 0 Å². The van der Waals surface area contributed by atoms with Crippen LogP contribution in [0.1, 0.15) is 25.7 Å². The van der Waals surface area contributed by atoms with Gasteiger partial charge < -0.3 is 10.2 Å². The molecule has 5 heteroatoms. The Hall–Kier alpha value is -0.541. The first-order valence-electron chi connectivity index (χ1n) is 3.06. The fourth-order valence-corrected chi connectivity index (χ4v) is 0.552. The van der Waals surface area contributed by atoms with Crippen LogP contribution in [0.15, 0.2) is 0 Å². The summed E-state index contributed by atoms with van der Waals surface area (Å²) in [6.45, 7) is 0. The summed E-state index contributed by atoms with van der Waals surface area (Å²) in [6, 6.07) is 0. The Morgan fingerprint density at radius 3 is 1.36 bits per heavy atom. The maximum Gasteiger partial charge on any atom is 0.303 e. The summed E-state index contributed by atoms with van der Waals surface area (Å²) in [5.74, 6) is -1.74. The number of unbranched alkanes of at least 4 members (excludes halogenated alkanes) is 1. The van der Waals surface area contributed by atoms with E-state index in [9.17, 15) is 9.59 Å². The summed E-state index contributed by atoms with van der Waals surface area (Å²) in [7, 11) is 0. The van der Waals surface area contributed by atoms with Crippen LogP contribution < -0.4 is 0 Å². The Morgan fingerprint density at radius 1 is 0.909 bits per heavy atom. The maximum atomic E-state index is 9.90. The molecule has 0 saturated carbocycles. The number of hydrogen-bond donors (Lipinski definition) is 2. The molecule has 0 aliphatic carbocycles. The van der Waals surface area contributed by atoms with E-state index in [1.54, 1.807) is 0 Å². The molecule has 0 spiro atoms. The first-order chi connectivity index (χ1) is 4.63. The Bertz CT molecular complexity index is 119. The van der Waals surface area contributed by atoms with Gasteiger partial charge in [-0.25, -0.2) is 0 Å². The molecule has 1 radical (unpaired) electrons. The van der Waals surface area contributed by atoms with Gasteiger partial charge in [0.1, 0.15) is 0 Å². The zero-order chi connectivity index (χ0) is 7.98. The largest absolute Gasteiger partial charge is 0.481 e. The molecule has 0 saturated heterocycles. The van der Waals surface area contributed by atoms with Crippen LogP contribution in [0, 0.1) is 0 Å². The molecule has 0 bridgehead atoms. The van der Waals surface area contributed by atoms with Crippen molar-refractivity contribution in [1.82, 2.24) is 0 Å². The summed E-state index contributed by atoms with van der Waals surface area (Å²) in [4.78, 5) is 19.8. The second kappa shape index (κ2) is 7.57. The first kappa shape index (κ1) is 13.1. The number of carboxylic acid groups (broad SMARTS) is 2. The smallest absolute Gasteiger partial charge is 0.303 e. The van der Waals surface area contributed by atoms with Crippen molar-refractivity contribution >= 4 is 11.9 Å². The monoisotopic (exact) mass is 201 g/mol. The van der Waals surface area contributed by atoms with Gasteiger partial charge in [0.25, 0.3) is 0 Å². The van der Waals surface area contributed by atoms with Gasteiger partial charge in [-0.15, -0.1) is 0 Å². The molecule has 0 atom stereocenters. The molecule has 0 heterocycles. The van der Waals surface area contributed by atoms with Gasteiger partial charge in [-0.3, -0.25) is 9.59 Å². The van der Waals surface area contributed by atoms with Crippen molar-refractivity contribution in [2.24, 2.45) is 0 Å². The van der Waals surface area contributed by atoms with Crippen LogP contribution in [0.5, 0.6) is 0 Å². The van der Waals surface area contributed by atoms with Gasteiger partial charge in [0.2, 0.25) is 0 Å². The maximum absolute atomic E-state index is 9.90. The standard InChI is InChI=1S/C6H10O4.Mn/c7-5(8)3-1-2-4-6(9)10;/h1-4H2,(H,7,8)(H,9,10);. The van der Waals surface area contributed by atoms with E-state index in [-0.39, 0.29) is 29.9 Å². The average molecular weight is 201 g/mol. The van der Waals surface area contributed by atoms with E-state index < -0.39 is 11.9 Å². The minimum atomic E-state index is -0.870. The molecule has 0 aliphatic rings. The van der Waals surface area contributed by atoms with E-state index in [1.807, 2.05) is 0 Å². The van der Waals surface area contributed by atoms with Gasteiger partial charge in [0.05, 0.1) is 0 Å². The Labute approximate surface area is 75.1 Å². The molecule has 0 aromatic carbocycles. The summed E-state index contributed by atoms with van der Waals surface area (Å²) in [5, 5.41) is 16.3. The minimum Gasteiger partial charge on any atom is -0.481 e. The summed E-state index contributed by atoms with van der Waals surface area (Å²) < 4.78 is 0. The molecule has 0 aromatic rings. The number of rotatable bonds is 5. The average Bonchev–Trinajstić information content (AvgIpc) is 1.79. The van der Waals surface area contributed by atoms with Gasteiger partial charge in [-0.1, -0.05) is 0 Å². The zero-order valence-electron chi connectivity index (χ0n) is 5.92. The van der Waals surface area contributed by atoms with Crippen molar-refractivity contribution in [3.8, 4) is 0 Å². The third-order valence-corrected chi connectivity index (χ3v) is 1.03. The van der Waals surface area contributed by atoms with Crippen LogP contribution in [0.4, 0.5) is 0 Å². The van der Waals surface area contributed by atoms with Gasteiger partial charge in [0, 0.05) is 29.9 Å². The Kier molecular flexibility index (Phi) is 8.99. The SMILES string of the molecule is O=C(O)CCCCC(=O)O.[Mn]. The Morgan fingerprint density at radius 2 is 1.18 bits per heavy atom. The second-order valence-corrected chi connectivity index (χ2v) is 1.99. The van der Waals surface area contributed by atoms with Crippen LogP contribution in [0.3, 0.4) is 0 Å². The van der Waals surface area contributed by atoms with Crippen LogP contribution in [0.25, 0.3) is 0 Å². The van der Waals surface area contributed by atoms with Crippen LogP contribution in [-0.4, -0.2) is 22.2 Å². The minimum absolute atomic E-state index is 0. The van der Waals surface area contributed by atoms with E-state index >= 15 is 0 Å². The van der Waals surface area contributed by atoms with Crippen molar-refractivity contribution < 1.29 is 36.9 Å². The number of aliphatic carboxylic acids is 2. The molecule has 11 heavy (non-hydrogen) atoms. The molecule has 0 aliphatic heterocycles. The quantitative estimate of drug-likeness (QED) is 0.507. The third-order valence-electron chi connectivity index (χ3n) is 1.03. The topological polar surface area (TPSA) is 74.6 Å². The van der Waals surface area contributed by atoms with Crippen LogP contribution >= 0.6 is 0 Å². The van der Waals surface area contributed by atoms with Crippen molar-refractivity contribution in [2.45, 2.75) is 25.7 Å². The van der Waals surface area contributed by atoms with Gasteiger partial charge in [0.15, 0.2) is 0 Å². The van der Waals surface area contributed by atoms with Crippen molar-refractivity contribution in [1.29, 1.82) is 0 Å². The van der Waals surface area contributed by atoms with Gasteiger partial charge in [-0.2, -0.15) is 0 Å².